The maximum Gasteiger partial charge on any atom is 0.306 e. The molecule has 0 saturated carbocycles. The Hall–Kier alpha value is -3.29. The molecule has 0 atom stereocenters. The molecule has 0 aliphatic carbocycles. The van der Waals surface area contributed by atoms with E-state index in [-0.39, 0.29) is 25.4 Å². The Kier molecular flexibility index (Phi) is 8.08. The Morgan fingerprint density at radius 3 is 2.54 bits per heavy atom. The Morgan fingerprint density at radius 2 is 1.89 bits per heavy atom. The van der Waals surface area contributed by atoms with Crippen LogP contribution in [0.2, 0.25) is 0 Å². The van der Waals surface area contributed by atoms with Gasteiger partial charge in [-0.05, 0) is 36.2 Å². The van der Waals surface area contributed by atoms with Gasteiger partial charge in [0.1, 0.15) is 11.5 Å². The maximum atomic E-state index is 12.0. The smallest absolute Gasteiger partial charge is 0.306 e. The predicted octanol–water partition coefficient (Wildman–Crippen LogP) is 1.54. The van der Waals surface area contributed by atoms with Crippen molar-refractivity contribution in [3.8, 4) is 5.75 Å². The van der Waals surface area contributed by atoms with Gasteiger partial charge < -0.3 is 24.1 Å². The zero-order chi connectivity index (χ0) is 20.4. The molecule has 0 fully saturated rings. The summed E-state index contributed by atoms with van der Waals surface area (Å²) in [5.41, 5.74) is 0.967. The number of nitrogens with zero attached hydrogens (tertiary/aromatic N) is 1. The van der Waals surface area contributed by atoms with Crippen LogP contribution in [0.5, 0.6) is 5.75 Å². The first kappa shape index (κ1) is 21.0. The zero-order valence-corrected chi connectivity index (χ0v) is 16.0. The molecule has 8 heteroatoms. The molecule has 150 valence electrons. The molecule has 2 rings (SSSR count). The number of benzene rings is 1. The van der Waals surface area contributed by atoms with Crippen molar-refractivity contribution in [2.75, 3.05) is 27.3 Å². The van der Waals surface area contributed by atoms with Crippen molar-refractivity contribution < 1.29 is 28.3 Å². The Balaban J connectivity index is 1.64. The van der Waals surface area contributed by atoms with Gasteiger partial charge in [-0.25, -0.2) is 0 Å². The van der Waals surface area contributed by atoms with E-state index in [4.69, 9.17) is 13.9 Å². The summed E-state index contributed by atoms with van der Waals surface area (Å²) in [5, 5.41) is 2.64. The molecule has 1 heterocycles. The van der Waals surface area contributed by atoms with Crippen LogP contribution in [0.25, 0.3) is 0 Å². The maximum absolute atomic E-state index is 12.0. The summed E-state index contributed by atoms with van der Waals surface area (Å²) in [7, 11) is 3.06. The van der Waals surface area contributed by atoms with Crippen molar-refractivity contribution in [1.29, 1.82) is 0 Å². The summed E-state index contributed by atoms with van der Waals surface area (Å²) < 4.78 is 15.2. The fourth-order valence-corrected chi connectivity index (χ4v) is 2.32. The molecule has 0 bridgehead atoms. The zero-order valence-electron chi connectivity index (χ0n) is 16.0. The van der Waals surface area contributed by atoms with E-state index in [1.807, 2.05) is 24.3 Å². The number of furan rings is 1. The largest absolute Gasteiger partial charge is 0.497 e. The van der Waals surface area contributed by atoms with Crippen LogP contribution in [0.3, 0.4) is 0 Å². The number of nitrogens with one attached hydrogen (secondary N) is 1. The average molecular weight is 388 g/mol. The molecule has 0 unspecified atom stereocenters. The van der Waals surface area contributed by atoms with Crippen LogP contribution in [-0.4, -0.2) is 50.0 Å². The third kappa shape index (κ3) is 7.14. The lowest BCUT2D eigenvalue weighted by Gasteiger charge is -2.16. The lowest BCUT2D eigenvalue weighted by atomic mass is 10.1. The van der Waals surface area contributed by atoms with Gasteiger partial charge in [0, 0.05) is 13.5 Å². The first-order valence-corrected chi connectivity index (χ1v) is 8.79. The monoisotopic (exact) mass is 388 g/mol. The van der Waals surface area contributed by atoms with Crippen molar-refractivity contribution >= 4 is 17.8 Å². The van der Waals surface area contributed by atoms with Crippen molar-refractivity contribution in [3.63, 3.8) is 0 Å². The van der Waals surface area contributed by atoms with Crippen LogP contribution >= 0.6 is 0 Å². The van der Waals surface area contributed by atoms with E-state index < -0.39 is 18.5 Å². The molecule has 0 radical (unpaired) electrons. The van der Waals surface area contributed by atoms with E-state index >= 15 is 0 Å². The van der Waals surface area contributed by atoms with Gasteiger partial charge >= 0.3 is 5.97 Å². The fraction of sp³-hybridized carbons (Fsp3) is 0.350. The molecule has 28 heavy (non-hydrogen) atoms. The van der Waals surface area contributed by atoms with E-state index in [9.17, 15) is 14.4 Å². The number of amides is 2. The topological polar surface area (TPSA) is 98.1 Å². The minimum atomic E-state index is -0.472. The number of hydrogen-bond donors (Lipinski definition) is 1. The number of methoxy groups -OCH3 is 1. The van der Waals surface area contributed by atoms with Crippen molar-refractivity contribution in [2.24, 2.45) is 0 Å². The highest BCUT2D eigenvalue weighted by molar-refractivity contribution is 5.86. The third-order valence-electron chi connectivity index (χ3n) is 3.98. The SMILES string of the molecule is COc1ccc(CCC(=O)OCC(=O)N(C)CC(=O)NCc2ccco2)cc1. The lowest BCUT2D eigenvalue weighted by molar-refractivity contribution is -0.151. The van der Waals surface area contributed by atoms with E-state index in [1.165, 1.54) is 18.2 Å². The summed E-state index contributed by atoms with van der Waals surface area (Å²) in [5.74, 6) is 0.102. The van der Waals surface area contributed by atoms with E-state index in [0.717, 1.165) is 11.3 Å². The van der Waals surface area contributed by atoms with Crippen LogP contribution in [0.4, 0.5) is 0 Å². The highest BCUT2D eigenvalue weighted by atomic mass is 16.5. The minimum absolute atomic E-state index is 0.136. The second-order valence-corrected chi connectivity index (χ2v) is 6.11. The van der Waals surface area contributed by atoms with E-state index in [2.05, 4.69) is 5.32 Å². The molecule has 0 spiro atoms. The van der Waals surface area contributed by atoms with Crippen molar-refractivity contribution in [3.05, 3.63) is 54.0 Å². The third-order valence-corrected chi connectivity index (χ3v) is 3.98. The number of esters is 1. The van der Waals surface area contributed by atoms with Gasteiger partial charge in [0.15, 0.2) is 6.61 Å². The quantitative estimate of drug-likeness (QED) is 0.620. The molecular weight excluding hydrogens is 364 g/mol. The highest BCUT2D eigenvalue weighted by Crippen LogP contribution is 2.12. The van der Waals surface area contributed by atoms with Crippen LogP contribution in [0.1, 0.15) is 17.7 Å². The first-order chi connectivity index (χ1) is 13.5. The lowest BCUT2D eigenvalue weighted by Crippen LogP contribution is -2.39. The fourth-order valence-electron chi connectivity index (χ4n) is 2.32. The Bertz CT molecular complexity index is 771. The average Bonchev–Trinajstić information content (AvgIpc) is 3.22. The number of aryl methyl sites for hydroxylation is 1. The molecule has 1 aromatic carbocycles. The minimum Gasteiger partial charge on any atom is -0.497 e. The van der Waals surface area contributed by atoms with Gasteiger partial charge in [-0.15, -0.1) is 0 Å². The standard InChI is InChI=1S/C20H24N2O6/c1-22(13-18(23)21-12-17-4-3-11-27-17)19(24)14-28-20(25)10-7-15-5-8-16(26-2)9-6-15/h3-6,8-9,11H,7,10,12-14H2,1-2H3,(H,21,23). The Labute approximate surface area is 163 Å². The second kappa shape index (κ2) is 10.8. The number of rotatable bonds is 10. The summed E-state index contributed by atoms with van der Waals surface area (Å²) in [4.78, 5) is 36.8. The molecule has 2 aromatic rings. The highest BCUT2D eigenvalue weighted by Gasteiger charge is 2.15. The normalized spacial score (nSPS) is 10.2. The molecule has 2 amide bonds. The van der Waals surface area contributed by atoms with Crippen LogP contribution in [0, 0.1) is 0 Å². The number of likely N-dealkylation sites (N-methyl/N-ethyl adjacent to an activating group) is 1. The van der Waals surface area contributed by atoms with Crippen LogP contribution in [-0.2, 0) is 32.1 Å². The van der Waals surface area contributed by atoms with Gasteiger partial charge in [0.2, 0.25) is 5.91 Å². The predicted molar refractivity (Wildman–Crippen MR) is 100 cm³/mol. The molecule has 0 aliphatic rings. The van der Waals surface area contributed by atoms with Crippen LogP contribution in [0.15, 0.2) is 47.1 Å². The first-order valence-electron chi connectivity index (χ1n) is 8.79. The molecule has 1 aromatic heterocycles. The second-order valence-electron chi connectivity index (χ2n) is 6.11. The van der Waals surface area contributed by atoms with Gasteiger partial charge in [0.05, 0.1) is 26.5 Å². The van der Waals surface area contributed by atoms with Crippen molar-refractivity contribution in [2.45, 2.75) is 19.4 Å². The summed E-state index contributed by atoms with van der Waals surface area (Å²) in [6.07, 6.45) is 2.18. The summed E-state index contributed by atoms with van der Waals surface area (Å²) in [6, 6.07) is 10.8. The Morgan fingerprint density at radius 1 is 1.14 bits per heavy atom. The van der Waals surface area contributed by atoms with Gasteiger partial charge in [-0.3, -0.25) is 14.4 Å². The molecule has 0 saturated heterocycles. The van der Waals surface area contributed by atoms with Gasteiger partial charge in [-0.1, -0.05) is 12.1 Å². The number of carbonyl (C=O) groups is 3. The number of carbonyl (C=O) groups excluding carboxylic acids is 3. The summed E-state index contributed by atoms with van der Waals surface area (Å²) in [6.45, 7) is -0.291. The van der Waals surface area contributed by atoms with Crippen LogP contribution < -0.4 is 10.1 Å². The number of ether oxygens (including phenoxy) is 2. The molecule has 8 nitrogen and oxygen atoms in total. The molecular formula is C20H24N2O6. The van der Waals surface area contributed by atoms with Gasteiger partial charge in [0.25, 0.3) is 5.91 Å². The van der Waals surface area contributed by atoms with E-state index in [1.54, 1.807) is 19.2 Å². The van der Waals surface area contributed by atoms with Crippen molar-refractivity contribution in [1.82, 2.24) is 10.2 Å². The van der Waals surface area contributed by atoms with E-state index in [0.29, 0.717) is 12.2 Å². The molecule has 0 aliphatic heterocycles. The number of hydrogen-bond acceptors (Lipinski definition) is 6. The summed E-state index contributed by atoms with van der Waals surface area (Å²) >= 11 is 0. The van der Waals surface area contributed by atoms with Gasteiger partial charge in [-0.2, -0.15) is 0 Å². The molecule has 1 N–H and O–H groups in total.